The van der Waals surface area contributed by atoms with Crippen molar-refractivity contribution in [2.45, 2.75) is 49.8 Å². The van der Waals surface area contributed by atoms with Gasteiger partial charge in [0.25, 0.3) is 40.5 Å². The number of nitriles is 1. The average Bonchev–Trinajstić information content (AvgIpc) is 1.68. The van der Waals surface area contributed by atoms with Crippen molar-refractivity contribution in [2.24, 2.45) is 30.7 Å². The van der Waals surface area contributed by atoms with Crippen molar-refractivity contribution in [3.8, 4) is 23.4 Å². The number of aromatic hydroxyl groups is 1. The molecule has 0 radical (unpaired) electrons. The normalized spacial score (nSPS) is 11.7. The zero-order valence-corrected chi connectivity index (χ0v) is 54.7. The molecule has 0 saturated carbocycles. The number of nitrogens with zero attached hydrogens (tertiary/aromatic N) is 10. The molecular formula is C47H45ClN10O24S9. The highest BCUT2D eigenvalue weighted by Gasteiger charge is 2.24. The number of pyridine rings is 1. The van der Waals surface area contributed by atoms with Gasteiger partial charge in [-0.2, -0.15) is 38.9 Å². The highest BCUT2D eigenvalue weighted by molar-refractivity contribution is 7.99. The van der Waals surface area contributed by atoms with Crippen molar-refractivity contribution >= 4 is 178 Å². The fraction of sp³-hybridized carbons (Fsp3) is 0.255. The summed E-state index contributed by atoms with van der Waals surface area (Å²) in [6, 6.07) is 21.2. The minimum absolute atomic E-state index is 0.000712. The summed E-state index contributed by atoms with van der Waals surface area (Å²) in [6.07, 6.45) is 1.32. The number of ether oxygens (including phenoxy) is 2. The van der Waals surface area contributed by atoms with Crippen LogP contribution < -0.4 is 9.47 Å². The zero-order chi connectivity index (χ0) is 68.3. The standard InChI is InChI=1S/C46H41ClN10O12S5.CH4O3S.3O3S/c1-4-14-68-37-20-27-10-7-13-39(74(65,66)67)40(27)43-42(37)50-46(71-43)56-51-31-23-38(70-16-9-18-73(62,63)64)34(19-25(31)2)54-52-32-22-36(69-15-8-17-72(59,60)61)33(21-29(32)47)53-55-41-26(3)28(24-48)44-49-30-11-5-6-12-35(30)57(44)45(41)58;1-5(2,3)4;3*1-4(2)3/h5-7,10-13,19-23,58H,4,8-9,14-18H2,1-3H3,(H,59,60,61)(H,62,63,64)(H,65,66,67);1H3,(H,2,3,4);;;. The SMILES string of the molecule is CCCOc1cc2cccc(S(=O)(=O)O)c2c2sc(N=Nc3cc(SCCCS(=O)(=O)O)c(N=Nc4cc(OCCCS(=O)(=O)O)c(N=Nc5c(C)c(C#N)c6nc7ccccc7n6c5O)cc4Cl)cc3C)nc12.CS(=O)(=O)O.O=S(=O)=O.O=S(=O)=O.O=S(=O)=O. The van der Waals surface area contributed by atoms with Crippen molar-refractivity contribution < 1.29 is 104 Å². The number of thiazole rings is 1. The molecule has 0 aliphatic heterocycles. The van der Waals surface area contributed by atoms with Crippen LogP contribution in [0.4, 0.5) is 33.6 Å². The number of benzene rings is 5. The molecular weight excluding hydrogens is 1410 g/mol. The average molecular weight is 1460 g/mol. The van der Waals surface area contributed by atoms with Gasteiger partial charge in [0.05, 0.1) is 63.1 Å². The fourth-order valence-electron chi connectivity index (χ4n) is 7.49. The van der Waals surface area contributed by atoms with Gasteiger partial charge in [-0.15, -0.1) is 80.3 Å². The Kier molecular flexibility index (Phi) is 27.7. The molecule has 488 valence electrons. The molecule has 0 atom stereocenters. The molecule has 0 amide bonds. The van der Waals surface area contributed by atoms with Crippen LogP contribution in [0.1, 0.15) is 42.9 Å². The number of hydrogen-bond donors (Lipinski definition) is 5. The number of hydrogen-bond acceptors (Lipinski definition) is 31. The third-order valence-electron chi connectivity index (χ3n) is 10.9. The first-order chi connectivity index (χ1) is 42.3. The highest BCUT2D eigenvalue weighted by atomic mass is 35.5. The molecule has 0 bridgehead atoms. The van der Waals surface area contributed by atoms with Gasteiger partial charge < -0.3 is 14.6 Å². The highest BCUT2D eigenvalue weighted by Crippen LogP contribution is 2.46. The number of aryl methyl sites for hydroxylation is 1. The van der Waals surface area contributed by atoms with Crippen molar-refractivity contribution in [3.05, 3.63) is 94.5 Å². The molecule has 0 fully saturated rings. The van der Waals surface area contributed by atoms with Crippen molar-refractivity contribution in [2.75, 3.05) is 36.7 Å². The first kappa shape index (κ1) is 75.5. The second-order valence-electron chi connectivity index (χ2n) is 17.6. The number of azo groups is 3. The van der Waals surface area contributed by atoms with Crippen LogP contribution in [-0.2, 0) is 72.3 Å². The summed E-state index contributed by atoms with van der Waals surface area (Å²) >= 11 is 8.99. The third kappa shape index (κ3) is 24.0. The molecule has 0 saturated heterocycles. The van der Waals surface area contributed by atoms with Gasteiger partial charge >= 0.3 is 31.8 Å². The summed E-state index contributed by atoms with van der Waals surface area (Å²) in [5.41, 5.74) is 3.09. The minimum atomic E-state index is -4.64. The number of aromatic nitrogens is 3. The van der Waals surface area contributed by atoms with Crippen LogP contribution in [0.3, 0.4) is 0 Å². The summed E-state index contributed by atoms with van der Waals surface area (Å²) in [5, 5.41) is 48.8. The predicted octanol–water partition coefficient (Wildman–Crippen LogP) is 8.90. The van der Waals surface area contributed by atoms with Gasteiger partial charge in [0.1, 0.15) is 44.9 Å². The second-order valence-corrected chi connectivity index (χ2v) is 27.3. The molecule has 5 N–H and O–H groups in total. The quantitative estimate of drug-likeness (QED) is 0.0206. The van der Waals surface area contributed by atoms with Gasteiger partial charge in [-0.3, -0.25) is 22.6 Å². The van der Waals surface area contributed by atoms with Crippen LogP contribution in [0.25, 0.3) is 37.7 Å². The molecule has 8 aromatic rings. The predicted molar refractivity (Wildman–Crippen MR) is 327 cm³/mol. The summed E-state index contributed by atoms with van der Waals surface area (Å²) in [6.45, 7) is 5.33. The molecule has 3 heterocycles. The maximum atomic E-state index is 12.5. The number of imidazole rings is 1. The molecule has 8 rings (SSSR count). The van der Waals surface area contributed by atoms with E-state index in [9.17, 15) is 57.7 Å². The van der Waals surface area contributed by atoms with E-state index in [1.165, 1.54) is 40.4 Å². The first-order valence-electron chi connectivity index (χ1n) is 24.4. The van der Waals surface area contributed by atoms with E-state index >= 15 is 0 Å². The lowest BCUT2D eigenvalue weighted by Crippen LogP contribution is -2.08. The Morgan fingerprint density at radius 2 is 1.26 bits per heavy atom. The Morgan fingerprint density at radius 3 is 1.86 bits per heavy atom. The Hall–Kier alpha value is -7.97. The van der Waals surface area contributed by atoms with Crippen LogP contribution in [0.2, 0.25) is 5.02 Å². The van der Waals surface area contributed by atoms with Crippen molar-refractivity contribution in [3.63, 3.8) is 0 Å². The molecule has 5 aromatic carbocycles. The van der Waals surface area contributed by atoms with E-state index in [4.69, 9.17) is 63.5 Å². The first-order valence-corrected chi connectivity index (χ1v) is 36.1. The van der Waals surface area contributed by atoms with Gasteiger partial charge in [0.15, 0.2) is 11.3 Å². The lowest BCUT2D eigenvalue weighted by atomic mass is 10.1. The number of halogens is 1. The van der Waals surface area contributed by atoms with E-state index in [-0.39, 0.29) is 96.8 Å². The molecule has 0 unspecified atom stereocenters. The van der Waals surface area contributed by atoms with E-state index in [1.54, 1.807) is 62.4 Å². The lowest BCUT2D eigenvalue weighted by molar-refractivity contribution is 0.317. The minimum Gasteiger partial charge on any atom is -0.493 e. The van der Waals surface area contributed by atoms with Gasteiger partial charge in [-0.1, -0.05) is 54.1 Å². The number of rotatable bonds is 20. The van der Waals surface area contributed by atoms with E-state index in [2.05, 4.69) is 46.7 Å². The van der Waals surface area contributed by atoms with Crippen molar-refractivity contribution in [1.82, 2.24) is 14.4 Å². The van der Waals surface area contributed by atoms with E-state index < -0.39 is 83.8 Å². The van der Waals surface area contributed by atoms with Crippen LogP contribution in [0.5, 0.6) is 17.4 Å². The number of fused-ring (bicyclic) bond motifs is 6. The van der Waals surface area contributed by atoms with Crippen LogP contribution >= 0.6 is 34.7 Å². The fourth-order valence-corrected chi connectivity index (χ4v) is 11.6. The maximum Gasteiger partial charge on any atom is 0.425 e. The smallest absolute Gasteiger partial charge is 0.425 e. The topological polar surface area (TPSA) is 538 Å². The van der Waals surface area contributed by atoms with E-state index in [0.717, 1.165) is 11.3 Å². The molecule has 44 heteroatoms. The molecule has 0 spiro atoms. The Bertz CT molecular complexity index is 4980. The zero-order valence-electron chi connectivity index (χ0n) is 46.6. The summed E-state index contributed by atoms with van der Waals surface area (Å²) in [7, 11) is -26.2. The van der Waals surface area contributed by atoms with Crippen LogP contribution in [0.15, 0.2) is 113 Å². The molecule has 34 nitrogen and oxygen atoms in total. The van der Waals surface area contributed by atoms with Crippen molar-refractivity contribution in [1.29, 1.82) is 5.26 Å². The summed E-state index contributed by atoms with van der Waals surface area (Å²) in [5.74, 6) is -0.916. The maximum absolute atomic E-state index is 12.5. The molecule has 0 aliphatic carbocycles. The largest absolute Gasteiger partial charge is 0.493 e. The van der Waals surface area contributed by atoms with Gasteiger partial charge in [-0.25, -0.2) is 9.97 Å². The van der Waals surface area contributed by atoms with Gasteiger partial charge in [-0.05, 0) is 92.3 Å². The van der Waals surface area contributed by atoms with Crippen LogP contribution in [-0.4, -0.2) is 146 Å². The third-order valence-corrected chi connectivity index (χ3v) is 15.8. The number of thioether (sulfide) groups is 1. The lowest BCUT2D eigenvalue weighted by Gasteiger charge is -2.12. The molecule has 0 aliphatic rings. The van der Waals surface area contributed by atoms with Gasteiger partial charge in [0, 0.05) is 21.9 Å². The van der Waals surface area contributed by atoms with E-state index in [0.29, 0.717) is 67.8 Å². The van der Waals surface area contributed by atoms with Gasteiger partial charge in [0.2, 0.25) is 11.0 Å². The Morgan fingerprint density at radius 1 is 0.692 bits per heavy atom. The van der Waals surface area contributed by atoms with E-state index in [1.807, 2.05) is 6.92 Å². The van der Waals surface area contributed by atoms with Crippen LogP contribution in [0, 0.1) is 25.2 Å². The summed E-state index contributed by atoms with van der Waals surface area (Å²) < 4.78 is 215. The Labute approximate surface area is 533 Å². The monoisotopic (exact) mass is 1460 g/mol. The second kappa shape index (κ2) is 33.4. The summed E-state index contributed by atoms with van der Waals surface area (Å²) in [4.78, 5) is 9.28. The molecule has 91 heavy (non-hydrogen) atoms. The molecule has 3 aromatic heterocycles. The number of para-hydroxylation sites is 2. The Balaban J connectivity index is 0.000000924.